The number of carbonyl (C=O) groups excluding carboxylic acids is 1. The summed E-state index contributed by atoms with van der Waals surface area (Å²) in [6, 6.07) is 13.3. The van der Waals surface area contributed by atoms with Gasteiger partial charge in [0.15, 0.2) is 5.69 Å². The summed E-state index contributed by atoms with van der Waals surface area (Å²) < 4.78 is 0. The molecule has 0 aliphatic heterocycles. The Morgan fingerprint density at radius 1 is 1.13 bits per heavy atom. The molecule has 0 saturated carbocycles. The Bertz CT molecular complexity index is 782. The number of benzene rings is 1. The summed E-state index contributed by atoms with van der Waals surface area (Å²) in [6.07, 6.45) is 1.80. The Morgan fingerprint density at radius 2 is 1.96 bits per heavy atom. The minimum Gasteiger partial charge on any atom is -0.361 e. The van der Waals surface area contributed by atoms with E-state index >= 15 is 0 Å². The molecule has 3 N–H and O–H groups in total. The van der Waals surface area contributed by atoms with Gasteiger partial charge in [0.05, 0.1) is 18.4 Å². The number of carbonyl (C=O) groups is 1. The number of anilines is 1. The third-order valence-electron chi connectivity index (χ3n) is 3.27. The van der Waals surface area contributed by atoms with Crippen LogP contribution >= 0.6 is 0 Å². The van der Waals surface area contributed by atoms with Crippen molar-refractivity contribution in [1.29, 1.82) is 0 Å². The highest BCUT2D eigenvalue weighted by Crippen LogP contribution is 2.16. The Morgan fingerprint density at radius 3 is 2.65 bits per heavy atom. The maximum absolute atomic E-state index is 11.4. The predicted molar refractivity (Wildman–Crippen MR) is 86.8 cm³/mol. The van der Waals surface area contributed by atoms with Gasteiger partial charge >= 0.3 is 0 Å². The van der Waals surface area contributed by atoms with Gasteiger partial charge in [-0.2, -0.15) is 0 Å². The van der Waals surface area contributed by atoms with E-state index in [4.69, 9.17) is 0 Å². The number of nitrogens with zero attached hydrogens (tertiary/aromatic N) is 3. The summed E-state index contributed by atoms with van der Waals surface area (Å²) in [5, 5.41) is 13.4. The van der Waals surface area contributed by atoms with E-state index in [0.717, 1.165) is 17.1 Å². The third kappa shape index (κ3) is 3.52. The number of hydrogen-bond acceptors (Lipinski definition) is 5. The van der Waals surface area contributed by atoms with Crippen LogP contribution in [0.4, 0.5) is 5.82 Å². The zero-order valence-corrected chi connectivity index (χ0v) is 12.6. The van der Waals surface area contributed by atoms with Crippen LogP contribution in [0.1, 0.15) is 16.3 Å². The van der Waals surface area contributed by atoms with Gasteiger partial charge in [0.2, 0.25) is 0 Å². The van der Waals surface area contributed by atoms with Crippen LogP contribution in [0.25, 0.3) is 11.3 Å². The SMILES string of the molecule is CNC(=O)c1ccc(NCc2ncc(-c3ccccc3)[nH]2)nn1. The molecule has 7 nitrogen and oxygen atoms in total. The van der Waals surface area contributed by atoms with Crippen molar-refractivity contribution in [2.24, 2.45) is 0 Å². The molecule has 0 bridgehead atoms. The smallest absolute Gasteiger partial charge is 0.271 e. The molecule has 7 heteroatoms. The molecule has 2 heterocycles. The first-order chi connectivity index (χ1) is 11.3. The fourth-order valence-corrected chi connectivity index (χ4v) is 2.07. The number of imidazole rings is 1. The maximum atomic E-state index is 11.4. The van der Waals surface area contributed by atoms with E-state index in [1.54, 1.807) is 25.4 Å². The Balaban J connectivity index is 1.63. The van der Waals surface area contributed by atoms with E-state index in [1.165, 1.54) is 0 Å². The molecule has 1 amide bonds. The average molecular weight is 308 g/mol. The molecule has 0 aliphatic carbocycles. The molecule has 0 aliphatic rings. The average Bonchev–Trinajstić information content (AvgIpc) is 3.09. The lowest BCUT2D eigenvalue weighted by atomic mass is 10.2. The van der Waals surface area contributed by atoms with Crippen molar-refractivity contribution >= 4 is 11.7 Å². The van der Waals surface area contributed by atoms with Gasteiger partial charge in [-0.3, -0.25) is 4.79 Å². The molecule has 0 spiro atoms. The van der Waals surface area contributed by atoms with Crippen molar-refractivity contribution in [2.75, 3.05) is 12.4 Å². The van der Waals surface area contributed by atoms with E-state index in [0.29, 0.717) is 12.4 Å². The fourth-order valence-electron chi connectivity index (χ4n) is 2.07. The summed E-state index contributed by atoms with van der Waals surface area (Å²) in [5.74, 6) is 1.11. The molecule has 2 aromatic heterocycles. The molecule has 0 saturated heterocycles. The lowest BCUT2D eigenvalue weighted by molar-refractivity contribution is 0.0957. The molecule has 23 heavy (non-hydrogen) atoms. The van der Waals surface area contributed by atoms with Gasteiger partial charge < -0.3 is 15.6 Å². The van der Waals surface area contributed by atoms with Crippen LogP contribution in [0.2, 0.25) is 0 Å². The second-order valence-corrected chi connectivity index (χ2v) is 4.85. The van der Waals surface area contributed by atoms with Crippen LogP contribution < -0.4 is 10.6 Å². The summed E-state index contributed by atoms with van der Waals surface area (Å²) in [7, 11) is 1.55. The first kappa shape index (κ1) is 14.7. The minimum absolute atomic E-state index is 0.261. The summed E-state index contributed by atoms with van der Waals surface area (Å²) in [6.45, 7) is 0.487. The van der Waals surface area contributed by atoms with Gasteiger partial charge in [0.25, 0.3) is 5.91 Å². The zero-order valence-electron chi connectivity index (χ0n) is 12.6. The quantitative estimate of drug-likeness (QED) is 0.668. The van der Waals surface area contributed by atoms with Crippen LogP contribution in [0, 0.1) is 0 Å². The molecular formula is C16H16N6O. The van der Waals surface area contributed by atoms with Crippen molar-refractivity contribution in [2.45, 2.75) is 6.54 Å². The van der Waals surface area contributed by atoms with Crippen LogP contribution in [-0.2, 0) is 6.54 Å². The van der Waals surface area contributed by atoms with Crippen LogP contribution in [0.3, 0.4) is 0 Å². The summed E-state index contributed by atoms with van der Waals surface area (Å²) in [4.78, 5) is 19.0. The summed E-state index contributed by atoms with van der Waals surface area (Å²) >= 11 is 0. The molecular weight excluding hydrogens is 292 g/mol. The molecule has 0 radical (unpaired) electrons. The second kappa shape index (κ2) is 6.69. The van der Waals surface area contributed by atoms with E-state index < -0.39 is 0 Å². The number of hydrogen-bond donors (Lipinski definition) is 3. The van der Waals surface area contributed by atoms with Crippen molar-refractivity contribution < 1.29 is 4.79 Å². The van der Waals surface area contributed by atoms with Crippen molar-refractivity contribution in [3.63, 3.8) is 0 Å². The van der Waals surface area contributed by atoms with Crippen molar-refractivity contribution in [3.05, 3.63) is 60.2 Å². The van der Waals surface area contributed by atoms with Crippen LogP contribution in [0.15, 0.2) is 48.7 Å². The number of H-pyrrole nitrogens is 1. The largest absolute Gasteiger partial charge is 0.361 e. The highest BCUT2D eigenvalue weighted by atomic mass is 16.1. The van der Waals surface area contributed by atoms with Crippen molar-refractivity contribution in [3.8, 4) is 11.3 Å². The molecule has 3 rings (SSSR count). The number of aromatic amines is 1. The Labute approximate surface area is 133 Å². The first-order valence-electron chi connectivity index (χ1n) is 7.15. The third-order valence-corrected chi connectivity index (χ3v) is 3.27. The normalized spacial score (nSPS) is 10.3. The van der Waals surface area contributed by atoms with Gasteiger partial charge in [-0.1, -0.05) is 30.3 Å². The topological polar surface area (TPSA) is 95.6 Å². The summed E-state index contributed by atoms with van der Waals surface area (Å²) in [5.41, 5.74) is 2.33. The number of nitrogens with one attached hydrogen (secondary N) is 3. The molecule has 3 aromatic rings. The van der Waals surface area contributed by atoms with E-state index in [2.05, 4.69) is 30.8 Å². The number of aromatic nitrogens is 4. The molecule has 0 fully saturated rings. The van der Waals surface area contributed by atoms with Crippen molar-refractivity contribution in [1.82, 2.24) is 25.5 Å². The predicted octanol–water partition coefficient (Wildman–Crippen LogP) is 1.84. The molecule has 1 aromatic carbocycles. The fraction of sp³-hybridized carbons (Fsp3) is 0.125. The van der Waals surface area contributed by atoms with E-state index in [-0.39, 0.29) is 11.6 Å². The Hall–Kier alpha value is -3.22. The second-order valence-electron chi connectivity index (χ2n) is 4.85. The standard InChI is InChI=1S/C16H16N6O/c1-17-16(23)12-7-8-14(22-21-12)19-10-15-18-9-13(20-15)11-5-3-2-4-6-11/h2-9H,10H2,1H3,(H,17,23)(H,18,20)(H,19,22). The minimum atomic E-state index is -0.261. The zero-order chi connectivity index (χ0) is 16.1. The van der Waals surface area contributed by atoms with Gasteiger partial charge in [0.1, 0.15) is 11.6 Å². The molecule has 0 unspecified atom stereocenters. The van der Waals surface area contributed by atoms with Gasteiger partial charge in [-0.15, -0.1) is 10.2 Å². The maximum Gasteiger partial charge on any atom is 0.271 e. The molecule has 116 valence electrons. The number of amides is 1. The lowest BCUT2D eigenvalue weighted by Crippen LogP contribution is -2.19. The van der Waals surface area contributed by atoms with Gasteiger partial charge in [-0.05, 0) is 17.7 Å². The van der Waals surface area contributed by atoms with Gasteiger partial charge in [-0.25, -0.2) is 4.98 Å². The highest BCUT2D eigenvalue weighted by Gasteiger charge is 2.06. The van der Waals surface area contributed by atoms with E-state index in [9.17, 15) is 4.79 Å². The lowest BCUT2D eigenvalue weighted by Gasteiger charge is -2.03. The van der Waals surface area contributed by atoms with Gasteiger partial charge in [0, 0.05) is 7.05 Å². The monoisotopic (exact) mass is 308 g/mol. The number of rotatable bonds is 5. The highest BCUT2D eigenvalue weighted by molar-refractivity contribution is 5.91. The van der Waals surface area contributed by atoms with Crippen LogP contribution in [-0.4, -0.2) is 33.1 Å². The Kier molecular flexibility index (Phi) is 4.28. The first-order valence-corrected chi connectivity index (χ1v) is 7.15. The molecule has 0 atom stereocenters. The van der Waals surface area contributed by atoms with Crippen LogP contribution in [0.5, 0.6) is 0 Å². The van der Waals surface area contributed by atoms with E-state index in [1.807, 2.05) is 30.3 Å².